The van der Waals surface area contributed by atoms with E-state index >= 15 is 0 Å². The van der Waals surface area contributed by atoms with Crippen LogP contribution < -0.4 is 5.43 Å². The van der Waals surface area contributed by atoms with Gasteiger partial charge in [0.05, 0.1) is 12.8 Å². The molecular formula is C19H21N3OS. The van der Waals surface area contributed by atoms with E-state index in [1.807, 2.05) is 42.1 Å². The second-order valence-electron chi connectivity index (χ2n) is 5.67. The summed E-state index contributed by atoms with van der Waals surface area (Å²) >= 11 is 1.94. The second-order valence-corrected chi connectivity index (χ2v) is 6.89. The minimum atomic E-state index is -0.0564. The van der Waals surface area contributed by atoms with Crippen LogP contribution in [0.15, 0.2) is 59.7 Å². The first-order chi connectivity index (χ1) is 11.8. The van der Waals surface area contributed by atoms with E-state index in [1.54, 1.807) is 6.21 Å². The van der Waals surface area contributed by atoms with E-state index in [9.17, 15) is 4.79 Å². The van der Waals surface area contributed by atoms with Gasteiger partial charge >= 0.3 is 0 Å². The van der Waals surface area contributed by atoms with E-state index in [4.69, 9.17) is 0 Å². The molecule has 0 saturated carbocycles. The SMILES string of the molecule is O=C(CN1CCSCC1)NN=Cc1ccc(-c2ccccc2)cc1. The first kappa shape index (κ1) is 16.7. The number of hydrazone groups is 1. The van der Waals surface area contributed by atoms with Crippen molar-refractivity contribution in [3.8, 4) is 11.1 Å². The first-order valence-electron chi connectivity index (χ1n) is 8.09. The third-order valence-corrected chi connectivity index (χ3v) is 4.83. The van der Waals surface area contributed by atoms with Crippen LogP contribution in [0.25, 0.3) is 11.1 Å². The Bertz CT molecular complexity index is 680. The van der Waals surface area contributed by atoms with Crippen molar-refractivity contribution in [2.75, 3.05) is 31.1 Å². The van der Waals surface area contributed by atoms with Crippen molar-refractivity contribution in [2.24, 2.45) is 5.10 Å². The zero-order valence-electron chi connectivity index (χ0n) is 13.5. The highest BCUT2D eigenvalue weighted by atomic mass is 32.2. The molecule has 4 nitrogen and oxygen atoms in total. The molecule has 1 heterocycles. The van der Waals surface area contributed by atoms with E-state index < -0.39 is 0 Å². The number of hydrogen-bond donors (Lipinski definition) is 1. The lowest BCUT2D eigenvalue weighted by Crippen LogP contribution is -2.40. The number of thioether (sulfide) groups is 1. The van der Waals surface area contributed by atoms with Gasteiger partial charge in [-0.25, -0.2) is 5.43 Å². The Morgan fingerprint density at radius 3 is 2.42 bits per heavy atom. The van der Waals surface area contributed by atoms with E-state index in [2.05, 4.69) is 39.7 Å². The highest BCUT2D eigenvalue weighted by Gasteiger charge is 2.13. The molecule has 2 aromatic rings. The van der Waals surface area contributed by atoms with Gasteiger partial charge in [0, 0.05) is 24.6 Å². The molecule has 0 radical (unpaired) electrons. The van der Waals surface area contributed by atoms with Crippen LogP contribution in [0, 0.1) is 0 Å². The van der Waals surface area contributed by atoms with Crippen LogP contribution in [-0.2, 0) is 4.79 Å². The van der Waals surface area contributed by atoms with E-state index in [1.165, 1.54) is 11.1 Å². The zero-order chi connectivity index (χ0) is 16.6. The fraction of sp³-hybridized carbons (Fsp3) is 0.263. The first-order valence-corrected chi connectivity index (χ1v) is 9.24. The van der Waals surface area contributed by atoms with Gasteiger partial charge < -0.3 is 0 Å². The quantitative estimate of drug-likeness (QED) is 0.673. The number of amides is 1. The molecule has 0 aliphatic carbocycles. The molecule has 0 aromatic heterocycles. The molecule has 5 heteroatoms. The monoisotopic (exact) mass is 339 g/mol. The third-order valence-electron chi connectivity index (χ3n) is 3.89. The van der Waals surface area contributed by atoms with E-state index in [0.717, 1.165) is 30.2 Å². The second kappa shape index (κ2) is 8.66. The van der Waals surface area contributed by atoms with Gasteiger partial charge in [-0.2, -0.15) is 16.9 Å². The fourth-order valence-corrected chi connectivity index (χ4v) is 3.55. The maximum atomic E-state index is 11.9. The van der Waals surface area contributed by atoms with Crippen molar-refractivity contribution >= 4 is 23.9 Å². The van der Waals surface area contributed by atoms with Crippen molar-refractivity contribution in [3.05, 3.63) is 60.2 Å². The maximum absolute atomic E-state index is 11.9. The number of hydrogen-bond acceptors (Lipinski definition) is 4. The van der Waals surface area contributed by atoms with Gasteiger partial charge in [0.25, 0.3) is 5.91 Å². The topological polar surface area (TPSA) is 44.7 Å². The van der Waals surface area contributed by atoms with Crippen molar-refractivity contribution in [1.82, 2.24) is 10.3 Å². The van der Waals surface area contributed by atoms with Gasteiger partial charge in [0.2, 0.25) is 0 Å². The van der Waals surface area contributed by atoms with Crippen LogP contribution in [0.2, 0.25) is 0 Å². The van der Waals surface area contributed by atoms with Crippen LogP contribution in [0.3, 0.4) is 0 Å². The summed E-state index contributed by atoms with van der Waals surface area (Å²) in [6, 6.07) is 18.4. The summed E-state index contributed by atoms with van der Waals surface area (Å²) in [5, 5.41) is 4.05. The number of nitrogens with one attached hydrogen (secondary N) is 1. The Hall–Kier alpha value is -2.11. The average Bonchev–Trinajstić information content (AvgIpc) is 2.64. The molecule has 1 aliphatic heterocycles. The molecule has 1 amide bonds. The smallest absolute Gasteiger partial charge is 0.254 e. The van der Waals surface area contributed by atoms with Crippen LogP contribution in [-0.4, -0.2) is 48.2 Å². The molecule has 3 rings (SSSR count). The number of nitrogens with zero attached hydrogens (tertiary/aromatic N) is 2. The summed E-state index contributed by atoms with van der Waals surface area (Å²) in [6.07, 6.45) is 1.68. The third kappa shape index (κ3) is 4.94. The Morgan fingerprint density at radius 1 is 1.04 bits per heavy atom. The standard InChI is InChI=1S/C19H21N3OS/c23-19(15-22-10-12-24-13-11-22)21-20-14-16-6-8-18(9-7-16)17-4-2-1-3-5-17/h1-9,14H,10-13,15H2,(H,21,23). The Labute approximate surface area is 146 Å². The van der Waals surface area contributed by atoms with Crippen LogP contribution in [0.4, 0.5) is 0 Å². The molecule has 0 atom stereocenters. The Balaban J connectivity index is 1.50. The van der Waals surface area contributed by atoms with Gasteiger partial charge in [-0.15, -0.1) is 0 Å². The normalized spacial score (nSPS) is 15.5. The minimum absolute atomic E-state index is 0.0564. The number of rotatable bonds is 5. The number of carbonyl (C=O) groups is 1. The predicted molar refractivity (Wildman–Crippen MR) is 101 cm³/mol. The minimum Gasteiger partial charge on any atom is -0.293 e. The average molecular weight is 339 g/mol. The molecule has 1 aliphatic rings. The molecule has 0 spiro atoms. The van der Waals surface area contributed by atoms with Crippen LogP contribution >= 0.6 is 11.8 Å². The summed E-state index contributed by atoms with van der Waals surface area (Å²) < 4.78 is 0. The van der Waals surface area contributed by atoms with Gasteiger partial charge in [-0.3, -0.25) is 9.69 Å². The zero-order valence-corrected chi connectivity index (χ0v) is 14.3. The molecule has 0 bridgehead atoms. The van der Waals surface area contributed by atoms with Gasteiger partial charge in [-0.05, 0) is 16.7 Å². The molecule has 1 fully saturated rings. The maximum Gasteiger partial charge on any atom is 0.254 e. The molecule has 0 unspecified atom stereocenters. The lowest BCUT2D eigenvalue weighted by Gasteiger charge is -2.24. The molecule has 124 valence electrons. The van der Waals surface area contributed by atoms with Crippen molar-refractivity contribution in [3.63, 3.8) is 0 Å². The van der Waals surface area contributed by atoms with Crippen molar-refractivity contribution in [2.45, 2.75) is 0 Å². The summed E-state index contributed by atoms with van der Waals surface area (Å²) in [5.74, 6) is 2.15. The van der Waals surface area contributed by atoms with Crippen LogP contribution in [0.1, 0.15) is 5.56 Å². The molecule has 1 N–H and O–H groups in total. The van der Waals surface area contributed by atoms with E-state index in [0.29, 0.717) is 6.54 Å². The summed E-state index contributed by atoms with van der Waals surface area (Å²) in [5.41, 5.74) is 5.92. The Morgan fingerprint density at radius 2 is 1.71 bits per heavy atom. The largest absolute Gasteiger partial charge is 0.293 e. The molecular weight excluding hydrogens is 318 g/mol. The van der Waals surface area contributed by atoms with Gasteiger partial charge in [-0.1, -0.05) is 54.6 Å². The van der Waals surface area contributed by atoms with Crippen molar-refractivity contribution < 1.29 is 4.79 Å². The van der Waals surface area contributed by atoms with Gasteiger partial charge in [0.1, 0.15) is 0 Å². The van der Waals surface area contributed by atoms with Crippen LogP contribution in [0.5, 0.6) is 0 Å². The molecule has 2 aromatic carbocycles. The number of benzene rings is 2. The highest BCUT2D eigenvalue weighted by Crippen LogP contribution is 2.18. The molecule has 24 heavy (non-hydrogen) atoms. The predicted octanol–water partition coefficient (Wildman–Crippen LogP) is 2.85. The van der Waals surface area contributed by atoms with Crippen molar-refractivity contribution in [1.29, 1.82) is 0 Å². The van der Waals surface area contributed by atoms with Gasteiger partial charge in [0.15, 0.2) is 0 Å². The van der Waals surface area contributed by atoms with E-state index in [-0.39, 0.29) is 5.91 Å². The molecule has 1 saturated heterocycles. The summed E-state index contributed by atoms with van der Waals surface area (Å²) in [6.45, 7) is 2.37. The fourth-order valence-electron chi connectivity index (χ4n) is 2.57. The highest BCUT2D eigenvalue weighted by molar-refractivity contribution is 7.99. The summed E-state index contributed by atoms with van der Waals surface area (Å²) in [7, 11) is 0. The summed E-state index contributed by atoms with van der Waals surface area (Å²) in [4.78, 5) is 14.0. The number of carbonyl (C=O) groups excluding carboxylic acids is 1. The lowest BCUT2D eigenvalue weighted by atomic mass is 10.0. The lowest BCUT2D eigenvalue weighted by molar-refractivity contribution is -0.122. The Kier molecular flexibility index (Phi) is 6.04.